The van der Waals surface area contributed by atoms with Crippen LogP contribution >= 0.6 is 0 Å². The van der Waals surface area contributed by atoms with Gasteiger partial charge in [0.1, 0.15) is 11.8 Å². The SMILES string of the molecule is C[C@@H](O)[C@H]1C(=O)N2C(C(=O)OCOC(=O)C(C)(C)C)=C(c3ccc(NC(=O)c4cccnc4)c(C#N)c3)C[C@H]12. The average molecular weight is 533 g/mol. The predicted octanol–water partition coefficient (Wildman–Crippen LogP) is 2.62. The van der Waals surface area contributed by atoms with Gasteiger partial charge in [-0.25, -0.2) is 4.79 Å². The molecular weight excluding hydrogens is 504 g/mol. The number of β-lactam (4-membered cyclic amide) rings is 1. The van der Waals surface area contributed by atoms with E-state index in [4.69, 9.17) is 9.47 Å². The topological polar surface area (TPSA) is 159 Å². The number of hydrogen-bond donors (Lipinski definition) is 2. The first-order valence-corrected chi connectivity index (χ1v) is 12.3. The molecule has 1 aromatic heterocycles. The van der Waals surface area contributed by atoms with E-state index in [-0.39, 0.29) is 23.4 Å². The molecule has 202 valence electrons. The number of ether oxygens (including phenoxy) is 2. The van der Waals surface area contributed by atoms with Crippen LogP contribution in [-0.2, 0) is 23.9 Å². The number of pyridine rings is 1. The molecule has 2 aliphatic rings. The number of aromatic nitrogens is 1. The van der Waals surface area contributed by atoms with Crippen molar-refractivity contribution in [3.63, 3.8) is 0 Å². The number of nitrogens with one attached hydrogen (secondary N) is 1. The molecular formula is C28H28N4O7. The third-order valence-electron chi connectivity index (χ3n) is 6.57. The van der Waals surface area contributed by atoms with Gasteiger partial charge in [0.05, 0.1) is 40.3 Å². The Bertz CT molecular complexity index is 1400. The molecule has 4 rings (SSSR count). The third-order valence-corrected chi connectivity index (χ3v) is 6.57. The van der Waals surface area contributed by atoms with Gasteiger partial charge in [0.25, 0.3) is 5.91 Å². The van der Waals surface area contributed by atoms with Crippen molar-refractivity contribution in [1.82, 2.24) is 9.88 Å². The Morgan fingerprint density at radius 1 is 1.26 bits per heavy atom. The summed E-state index contributed by atoms with van der Waals surface area (Å²) in [7, 11) is 0. The van der Waals surface area contributed by atoms with Gasteiger partial charge in [0.15, 0.2) is 0 Å². The molecule has 0 aliphatic carbocycles. The lowest BCUT2D eigenvalue weighted by Gasteiger charge is -2.44. The number of esters is 2. The number of rotatable bonds is 7. The van der Waals surface area contributed by atoms with E-state index in [9.17, 15) is 29.5 Å². The fourth-order valence-corrected chi connectivity index (χ4v) is 4.56. The lowest BCUT2D eigenvalue weighted by molar-refractivity contribution is -0.175. The lowest BCUT2D eigenvalue weighted by atomic mass is 9.82. The van der Waals surface area contributed by atoms with E-state index in [1.165, 1.54) is 36.4 Å². The largest absolute Gasteiger partial charge is 0.427 e. The number of aliphatic hydroxyl groups is 1. The molecule has 1 saturated heterocycles. The standard InChI is InChI=1S/C28H28N4O7/c1-15(33)22-21-11-19(23(32(21)25(22)35)26(36)38-14-39-27(37)28(2,3)4)16-7-8-20(18(10-16)12-29)31-24(34)17-6-5-9-30-13-17/h5-10,13,15,21-22,33H,11,14H2,1-4H3,(H,31,34)/t15-,21-,22-/m1/s1. The Hall–Kier alpha value is -4.56. The van der Waals surface area contributed by atoms with Gasteiger partial charge < -0.3 is 24.8 Å². The van der Waals surface area contributed by atoms with Crippen molar-refractivity contribution in [3.05, 3.63) is 65.1 Å². The molecule has 0 unspecified atom stereocenters. The number of nitrogens with zero attached hydrogens (tertiary/aromatic N) is 3. The van der Waals surface area contributed by atoms with Crippen molar-refractivity contribution < 1.29 is 33.8 Å². The first-order valence-electron chi connectivity index (χ1n) is 12.3. The minimum atomic E-state index is -0.928. The lowest BCUT2D eigenvalue weighted by Crippen LogP contribution is -2.61. The van der Waals surface area contributed by atoms with Crippen molar-refractivity contribution in [2.45, 2.75) is 46.3 Å². The molecule has 1 fully saturated rings. The number of nitriles is 1. The second kappa shape index (κ2) is 10.7. The zero-order valence-electron chi connectivity index (χ0n) is 21.9. The smallest absolute Gasteiger partial charge is 0.358 e. The third kappa shape index (κ3) is 5.37. The molecule has 39 heavy (non-hydrogen) atoms. The molecule has 1 aromatic carbocycles. The molecule has 11 heteroatoms. The van der Waals surface area contributed by atoms with Crippen molar-refractivity contribution in [3.8, 4) is 6.07 Å². The molecule has 11 nitrogen and oxygen atoms in total. The van der Waals surface area contributed by atoms with Crippen LogP contribution in [0, 0.1) is 22.7 Å². The summed E-state index contributed by atoms with van der Waals surface area (Å²) in [5.41, 5.74) is 0.777. The monoisotopic (exact) mass is 532 g/mol. The van der Waals surface area contributed by atoms with E-state index < -0.39 is 54.0 Å². The predicted molar refractivity (Wildman–Crippen MR) is 137 cm³/mol. The maximum absolute atomic E-state index is 13.1. The van der Waals surface area contributed by atoms with Crippen LogP contribution in [-0.4, -0.2) is 57.7 Å². The Kier molecular flexibility index (Phi) is 7.51. The van der Waals surface area contributed by atoms with Crippen molar-refractivity contribution >= 4 is 35.0 Å². The van der Waals surface area contributed by atoms with E-state index in [1.807, 2.05) is 6.07 Å². The minimum Gasteiger partial charge on any atom is -0.427 e. The maximum atomic E-state index is 13.1. The van der Waals surface area contributed by atoms with E-state index >= 15 is 0 Å². The van der Waals surface area contributed by atoms with Crippen LogP contribution in [0.1, 0.15) is 55.6 Å². The second-order valence-corrected chi connectivity index (χ2v) is 10.4. The first-order chi connectivity index (χ1) is 18.4. The summed E-state index contributed by atoms with van der Waals surface area (Å²) >= 11 is 0. The summed E-state index contributed by atoms with van der Waals surface area (Å²) in [6, 6.07) is 9.44. The average Bonchev–Trinajstić information content (AvgIpc) is 3.23. The highest BCUT2D eigenvalue weighted by atomic mass is 16.7. The second-order valence-electron chi connectivity index (χ2n) is 10.4. The summed E-state index contributed by atoms with van der Waals surface area (Å²) in [5, 5.41) is 22.6. The molecule has 2 aromatic rings. The number of anilines is 1. The van der Waals surface area contributed by atoms with Crippen LogP contribution in [0.3, 0.4) is 0 Å². The van der Waals surface area contributed by atoms with Crippen molar-refractivity contribution in [1.29, 1.82) is 5.26 Å². The summed E-state index contributed by atoms with van der Waals surface area (Å²) in [6.07, 6.45) is 2.24. The first kappa shape index (κ1) is 27.5. The number of carbonyl (C=O) groups is 4. The van der Waals surface area contributed by atoms with Gasteiger partial charge in [0.2, 0.25) is 12.7 Å². The van der Waals surface area contributed by atoms with E-state index in [1.54, 1.807) is 39.0 Å². The summed E-state index contributed by atoms with van der Waals surface area (Å²) in [4.78, 5) is 55.8. The number of aliphatic hydroxyl groups excluding tert-OH is 1. The molecule has 0 bridgehead atoms. The van der Waals surface area contributed by atoms with Crippen LogP contribution in [0.2, 0.25) is 0 Å². The van der Waals surface area contributed by atoms with E-state index in [2.05, 4.69) is 10.3 Å². The molecule has 2 amide bonds. The van der Waals surface area contributed by atoms with Gasteiger partial charge in [-0.1, -0.05) is 6.07 Å². The van der Waals surface area contributed by atoms with Crippen molar-refractivity contribution in [2.75, 3.05) is 12.1 Å². The molecule has 2 aliphatic heterocycles. The molecule has 0 saturated carbocycles. The van der Waals surface area contributed by atoms with Crippen LogP contribution < -0.4 is 5.32 Å². The fourth-order valence-electron chi connectivity index (χ4n) is 4.56. The van der Waals surface area contributed by atoms with Gasteiger partial charge in [-0.3, -0.25) is 19.4 Å². The van der Waals surface area contributed by atoms with E-state index in [0.717, 1.165) is 0 Å². The highest BCUT2D eigenvalue weighted by Crippen LogP contribution is 2.47. The van der Waals surface area contributed by atoms with Crippen LogP contribution in [0.5, 0.6) is 0 Å². The molecule has 2 N–H and O–H groups in total. The van der Waals surface area contributed by atoms with Gasteiger partial charge in [-0.2, -0.15) is 5.26 Å². The van der Waals surface area contributed by atoms with Crippen LogP contribution in [0.15, 0.2) is 48.4 Å². The fraction of sp³-hybridized carbons (Fsp3) is 0.357. The number of benzene rings is 1. The van der Waals surface area contributed by atoms with Gasteiger partial charge in [-0.05, 0) is 69.5 Å². The number of hydrogen-bond acceptors (Lipinski definition) is 9. The molecule has 0 spiro atoms. The van der Waals surface area contributed by atoms with Crippen LogP contribution in [0.25, 0.3) is 5.57 Å². The quantitative estimate of drug-likeness (QED) is 0.310. The summed E-state index contributed by atoms with van der Waals surface area (Å²) < 4.78 is 10.2. The Labute approximate surface area is 225 Å². The normalized spacial score (nSPS) is 19.0. The van der Waals surface area contributed by atoms with Crippen LogP contribution in [0.4, 0.5) is 5.69 Å². The number of carbonyl (C=O) groups excluding carboxylic acids is 4. The number of amides is 2. The maximum Gasteiger partial charge on any atom is 0.358 e. The number of fused-ring (bicyclic) bond motifs is 1. The molecule has 0 radical (unpaired) electrons. The Morgan fingerprint density at radius 2 is 2.00 bits per heavy atom. The zero-order valence-corrected chi connectivity index (χ0v) is 21.9. The summed E-state index contributed by atoms with van der Waals surface area (Å²) in [5.74, 6) is -3.01. The van der Waals surface area contributed by atoms with Gasteiger partial charge in [0, 0.05) is 12.4 Å². The molecule has 3 heterocycles. The molecule has 3 atom stereocenters. The van der Waals surface area contributed by atoms with Crippen molar-refractivity contribution in [2.24, 2.45) is 11.3 Å². The Balaban J connectivity index is 1.63. The highest BCUT2D eigenvalue weighted by molar-refractivity contribution is 6.07. The minimum absolute atomic E-state index is 0.0373. The summed E-state index contributed by atoms with van der Waals surface area (Å²) in [6.45, 7) is 5.84. The highest BCUT2D eigenvalue weighted by Gasteiger charge is 2.57. The Morgan fingerprint density at radius 3 is 2.62 bits per heavy atom. The zero-order chi connectivity index (χ0) is 28.5. The van der Waals surface area contributed by atoms with E-state index in [0.29, 0.717) is 16.7 Å². The van der Waals surface area contributed by atoms with Gasteiger partial charge >= 0.3 is 11.9 Å². The van der Waals surface area contributed by atoms with Gasteiger partial charge in [-0.15, -0.1) is 0 Å².